The molecule has 0 bridgehead atoms. The second-order valence-corrected chi connectivity index (χ2v) is 5.71. The standard InChI is InChI=1S/C12H23NO3S/c1-5-12(4,10(15)16)8-11(2,3)9(14)13-6-7-17/h17H,5-8H2,1-4H3,(H,13,14)(H,15,16). The van der Waals surface area contributed by atoms with Crippen molar-refractivity contribution in [2.75, 3.05) is 12.3 Å². The maximum absolute atomic E-state index is 11.9. The second-order valence-electron chi connectivity index (χ2n) is 5.26. The fourth-order valence-corrected chi connectivity index (χ4v) is 1.93. The molecule has 1 amide bonds. The predicted octanol–water partition coefficient (Wildman–Crippen LogP) is 1.95. The number of thiol groups is 1. The molecule has 0 aromatic rings. The molecule has 0 aliphatic carbocycles. The lowest BCUT2D eigenvalue weighted by atomic mass is 9.72. The molecule has 0 fully saturated rings. The van der Waals surface area contributed by atoms with Crippen LogP contribution in [0.2, 0.25) is 0 Å². The first kappa shape index (κ1) is 16.3. The summed E-state index contributed by atoms with van der Waals surface area (Å²) < 4.78 is 0. The fraction of sp³-hybridized carbons (Fsp3) is 0.833. The average Bonchev–Trinajstić information content (AvgIpc) is 2.24. The molecule has 0 aliphatic rings. The Labute approximate surface area is 109 Å². The van der Waals surface area contributed by atoms with Gasteiger partial charge in [-0.1, -0.05) is 20.8 Å². The summed E-state index contributed by atoms with van der Waals surface area (Å²) in [5.41, 5.74) is -1.55. The van der Waals surface area contributed by atoms with E-state index in [0.29, 0.717) is 25.1 Å². The van der Waals surface area contributed by atoms with Crippen LogP contribution in [0.1, 0.15) is 40.5 Å². The van der Waals surface area contributed by atoms with Crippen molar-refractivity contribution in [3.8, 4) is 0 Å². The minimum Gasteiger partial charge on any atom is -0.481 e. The van der Waals surface area contributed by atoms with Crippen molar-refractivity contribution >= 4 is 24.5 Å². The first-order valence-corrected chi connectivity index (χ1v) is 6.45. The molecule has 0 rings (SSSR count). The smallest absolute Gasteiger partial charge is 0.309 e. The summed E-state index contributed by atoms with van der Waals surface area (Å²) in [5.74, 6) is -0.395. The van der Waals surface area contributed by atoms with Crippen LogP contribution < -0.4 is 5.32 Å². The van der Waals surface area contributed by atoms with Crippen LogP contribution >= 0.6 is 12.6 Å². The Bertz CT molecular complexity index is 291. The van der Waals surface area contributed by atoms with Gasteiger partial charge in [0.1, 0.15) is 0 Å². The highest BCUT2D eigenvalue weighted by atomic mass is 32.1. The van der Waals surface area contributed by atoms with Gasteiger partial charge in [0.2, 0.25) is 5.91 Å². The molecule has 0 aliphatic heterocycles. The molecule has 1 atom stereocenters. The molecule has 0 saturated heterocycles. The molecule has 2 N–H and O–H groups in total. The van der Waals surface area contributed by atoms with Crippen molar-refractivity contribution < 1.29 is 14.7 Å². The Kier molecular flexibility index (Phi) is 6.02. The third-order valence-corrected chi connectivity index (χ3v) is 3.36. The van der Waals surface area contributed by atoms with Gasteiger partial charge in [0.15, 0.2) is 0 Å². The van der Waals surface area contributed by atoms with E-state index in [-0.39, 0.29) is 5.91 Å². The van der Waals surface area contributed by atoms with Gasteiger partial charge in [-0.3, -0.25) is 9.59 Å². The Morgan fingerprint density at radius 2 is 1.82 bits per heavy atom. The van der Waals surface area contributed by atoms with Gasteiger partial charge in [-0.15, -0.1) is 0 Å². The molecule has 1 unspecified atom stereocenters. The van der Waals surface area contributed by atoms with Crippen LogP contribution in [0, 0.1) is 10.8 Å². The zero-order valence-electron chi connectivity index (χ0n) is 11.0. The maximum atomic E-state index is 11.9. The maximum Gasteiger partial charge on any atom is 0.309 e. The minimum absolute atomic E-state index is 0.118. The summed E-state index contributed by atoms with van der Waals surface area (Å²) in [6.07, 6.45) is 0.829. The van der Waals surface area contributed by atoms with Gasteiger partial charge in [0, 0.05) is 17.7 Å². The van der Waals surface area contributed by atoms with E-state index in [4.69, 9.17) is 0 Å². The molecule has 0 saturated carbocycles. The highest BCUT2D eigenvalue weighted by Gasteiger charge is 2.40. The SMILES string of the molecule is CCC(C)(CC(C)(C)C(=O)NCCS)C(=O)O. The van der Waals surface area contributed by atoms with E-state index < -0.39 is 16.8 Å². The van der Waals surface area contributed by atoms with E-state index in [9.17, 15) is 14.7 Å². The van der Waals surface area contributed by atoms with Crippen molar-refractivity contribution in [2.24, 2.45) is 10.8 Å². The fourth-order valence-electron chi connectivity index (χ4n) is 1.82. The first-order chi connectivity index (χ1) is 7.69. The van der Waals surface area contributed by atoms with Gasteiger partial charge in [0.05, 0.1) is 5.41 Å². The van der Waals surface area contributed by atoms with Crippen molar-refractivity contribution in [3.63, 3.8) is 0 Å². The topological polar surface area (TPSA) is 66.4 Å². The molecule has 17 heavy (non-hydrogen) atoms. The van der Waals surface area contributed by atoms with Crippen molar-refractivity contribution in [2.45, 2.75) is 40.5 Å². The van der Waals surface area contributed by atoms with Crippen LogP contribution in [0.15, 0.2) is 0 Å². The summed E-state index contributed by atoms with van der Waals surface area (Å²) in [7, 11) is 0. The lowest BCUT2D eigenvalue weighted by Crippen LogP contribution is -2.43. The highest BCUT2D eigenvalue weighted by Crippen LogP contribution is 2.36. The van der Waals surface area contributed by atoms with Gasteiger partial charge >= 0.3 is 5.97 Å². The number of carboxylic acids is 1. The molecule has 0 aromatic heterocycles. The monoisotopic (exact) mass is 261 g/mol. The van der Waals surface area contributed by atoms with E-state index in [0.717, 1.165) is 0 Å². The van der Waals surface area contributed by atoms with Crippen molar-refractivity contribution in [1.82, 2.24) is 5.32 Å². The van der Waals surface area contributed by atoms with Gasteiger partial charge in [-0.25, -0.2) is 0 Å². The second kappa shape index (κ2) is 6.28. The molecular weight excluding hydrogens is 238 g/mol. The normalized spacial score (nSPS) is 15.1. The number of carboxylic acid groups (broad SMARTS) is 1. The molecule has 0 aromatic carbocycles. The lowest BCUT2D eigenvalue weighted by Gasteiger charge is -2.32. The van der Waals surface area contributed by atoms with Crippen LogP contribution in [-0.4, -0.2) is 29.3 Å². The predicted molar refractivity (Wildman–Crippen MR) is 71.3 cm³/mol. The number of hydrogen-bond acceptors (Lipinski definition) is 3. The molecule has 0 radical (unpaired) electrons. The Morgan fingerprint density at radius 1 is 1.29 bits per heavy atom. The first-order valence-electron chi connectivity index (χ1n) is 5.82. The summed E-state index contributed by atoms with van der Waals surface area (Å²) in [5, 5.41) is 12.0. The van der Waals surface area contributed by atoms with Gasteiger partial charge in [-0.05, 0) is 19.8 Å². The van der Waals surface area contributed by atoms with E-state index >= 15 is 0 Å². The quantitative estimate of drug-likeness (QED) is 0.614. The third-order valence-electron chi connectivity index (χ3n) is 3.14. The number of hydrogen-bond donors (Lipinski definition) is 3. The molecule has 0 heterocycles. The summed E-state index contributed by atoms with van der Waals surface area (Å²) >= 11 is 4.02. The van der Waals surface area contributed by atoms with E-state index in [2.05, 4.69) is 17.9 Å². The summed E-state index contributed by atoms with van der Waals surface area (Å²) in [4.78, 5) is 23.1. The number of nitrogens with one attached hydrogen (secondary N) is 1. The molecule has 0 spiro atoms. The number of amides is 1. The average molecular weight is 261 g/mol. The minimum atomic E-state index is -0.859. The number of aliphatic carboxylic acids is 1. The third kappa shape index (κ3) is 4.58. The van der Waals surface area contributed by atoms with E-state index in [1.54, 1.807) is 20.8 Å². The largest absolute Gasteiger partial charge is 0.481 e. The van der Waals surface area contributed by atoms with Crippen LogP contribution in [0.4, 0.5) is 0 Å². The van der Waals surface area contributed by atoms with Gasteiger partial charge < -0.3 is 10.4 Å². The number of rotatable bonds is 7. The van der Waals surface area contributed by atoms with Crippen LogP contribution in [0.25, 0.3) is 0 Å². The van der Waals surface area contributed by atoms with Gasteiger partial charge in [0.25, 0.3) is 0 Å². The van der Waals surface area contributed by atoms with Crippen LogP contribution in [0.5, 0.6) is 0 Å². The van der Waals surface area contributed by atoms with Gasteiger partial charge in [-0.2, -0.15) is 12.6 Å². The Balaban J connectivity index is 4.72. The summed E-state index contributed by atoms with van der Waals surface area (Å²) in [6.45, 7) is 7.56. The molecule has 100 valence electrons. The zero-order valence-corrected chi connectivity index (χ0v) is 11.9. The number of carbonyl (C=O) groups is 2. The van der Waals surface area contributed by atoms with E-state index in [1.165, 1.54) is 0 Å². The van der Waals surface area contributed by atoms with Crippen molar-refractivity contribution in [1.29, 1.82) is 0 Å². The summed E-state index contributed by atoms with van der Waals surface area (Å²) in [6, 6.07) is 0. The zero-order chi connectivity index (χ0) is 13.7. The Morgan fingerprint density at radius 3 is 2.18 bits per heavy atom. The highest BCUT2D eigenvalue weighted by molar-refractivity contribution is 7.80. The molecule has 5 heteroatoms. The van der Waals surface area contributed by atoms with Crippen LogP contribution in [-0.2, 0) is 9.59 Å². The van der Waals surface area contributed by atoms with Crippen LogP contribution in [0.3, 0.4) is 0 Å². The lowest BCUT2D eigenvalue weighted by molar-refractivity contribution is -0.151. The number of carbonyl (C=O) groups excluding carboxylic acids is 1. The molecular formula is C12H23NO3S. The molecule has 4 nitrogen and oxygen atoms in total. The Hall–Kier alpha value is -0.710. The van der Waals surface area contributed by atoms with E-state index in [1.807, 2.05) is 6.92 Å². The van der Waals surface area contributed by atoms with Crippen molar-refractivity contribution in [3.05, 3.63) is 0 Å².